The van der Waals surface area contributed by atoms with E-state index < -0.39 is 0 Å². The lowest BCUT2D eigenvalue weighted by atomic mass is 10.0. The monoisotopic (exact) mass is 418 g/mol. The van der Waals surface area contributed by atoms with Crippen molar-refractivity contribution in [3.05, 3.63) is 70.9 Å². The summed E-state index contributed by atoms with van der Waals surface area (Å²) >= 11 is 5.87. The molecule has 2 aliphatic heterocycles. The van der Waals surface area contributed by atoms with Gasteiger partial charge in [0.2, 0.25) is 6.79 Å². The highest BCUT2D eigenvalue weighted by molar-refractivity contribution is 7.81. The van der Waals surface area contributed by atoms with Gasteiger partial charge >= 0.3 is 0 Å². The highest BCUT2D eigenvalue weighted by Gasteiger charge is 2.28. The van der Waals surface area contributed by atoms with E-state index in [1.807, 2.05) is 24.3 Å². The molecule has 2 aromatic rings. The Labute approximate surface area is 183 Å². The number of anilines is 1. The number of nitrogens with zero attached hydrogens (tertiary/aromatic N) is 1. The summed E-state index contributed by atoms with van der Waals surface area (Å²) in [5.74, 6) is 1.65. The predicted molar refractivity (Wildman–Crippen MR) is 125 cm³/mol. The van der Waals surface area contributed by atoms with E-state index in [4.69, 9.17) is 21.7 Å². The van der Waals surface area contributed by atoms with Gasteiger partial charge < -0.3 is 19.7 Å². The predicted octanol–water partition coefficient (Wildman–Crippen LogP) is 5.77. The third kappa shape index (κ3) is 3.94. The van der Waals surface area contributed by atoms with Crippen LogP contribution >= 0.6 is 12.2 Å². The van der Waals surface area contributed by atoms with Crippen LogP contribution in [0.1, 0.15) is 37.7 Å². The molecule has 30 heavy (non-hydrogen) atoms. The van der Waals surface area contributed by atoms with Gasteiger partial charge in [-0.2, -0.15) is 0 Å². The number of nitrogens with one attached hydrogen (secondary N) is 1. The molecule has 0 radical (unpaired) electrons. The van der Waals surface area contributed by atoms with Gasteiger partial charge in [-0.05, 0) is 73.6 Å². The highest BCUT2D eigenvalue weighted by Crippen LogP contribution is 2.39. The molecular formula is C25H26N2O2S. The molecule has 5 heteroatoms. The number of piperidine rings is 1. The topological polar surface area (TPSA) is 33.7 Å². The number of fused-ring (bicyclic) bond motifs is 1. The molecule has 154 valence electrons. The number of likely N-dealkylation sites (tertiary alicyclic amines) is 1. The third-order valence-corrected chi connectivity index (χ3v) is 6.30. The molecule has 0 amide bonds. The first-order valence-electron chi connectivity index (χ1n) is 10.7. The minimum absolute atomic E-state index is 0.303. The van der Waals surface area contributed by atoms with Crippen LogP contribution in [0, 0.1) is 0 Å². The maximum absolute atomic E-state index is 5.87. The Balaban J connectivity index is 1.48. The van der Waals surface area contributed by atoms with Crippen LogP contribution in [-0.2, 0) is 0 Å². The van der Waals surface area contributed by atoms with Crippen molar-refractivity contribution in [1.29, 1.82) is 0 Å². The molecule has 2 aromatic carbocycles. The molecule has 0 unspecified atom stereocenters. The number of benzene rings is 2. The Bertz CT molecular complexity index is 1010. The van der Waals surface area contributed by atoms with E-state index in [0.717, 1.165) is 53.7 Å². The number of hydrogen-bond acceptors (Lipinski definition) is 4. The molecule has 2 heterocycles. The first kappa shape index (κ1) is 19.2. The van der Waals surface area contributed by atoms with E-state index in [-0.39, 0.29) is 0 Å². The van der Waals surface area contributed by atoms with Crippen LogP contribution in [0.15, 0.2) is 65.4 Å². The van der Waals surface area contributed by atoms with Crippen molar-refractivity contribution in [3.63, 3.8) is 0 Å². The minimum atomic E-state index is 0.303. The first-order valence-corrected chi connectivity index (χ1v) is 11.1. The maximum atomic E-state index is 5.87. The van der Waals surface area contributed by atoms with E-state index >= 15 is 0 Å². The van der Waals surface area contributed by atoms with E-state index in [2.05, 4.69) is 40.6 Å². The standard InChI is InChI=1S/C25H26N2O2S/c30-25(26-20-7-3-1-4-8-20)21-11-10-19(24(21)27-13-5-2-6-14-27)15-18-9-12-22-23(16-18)29-17-28-22/h1,3-4,7-9,12,15-16H,2,5-6,10-11,13-14,17H2,(H,26,30). The Hall–Kier alpha value is -2.79. The normalized spacial score (nSPS) is 19.5. The first-order chi connectivity index (χ1) is 14.8. The van der Waals surface area contributed by atoms with Crippen molar-refractivity contribution >= 4 is 29.0 Å². The fraction of sp³-hybridized carbons (Fsp3) is 0.320. The Morgan fingerprint density at radius 3 is 2.57 bits per heavy atom. The molecule has 1 fully saturated rings. The van der Waals surface area contributed by atoms with Crippen LogP contribution in [0.2, 0.25) is 0 Å². The zero-order valence-electron chi connectivity index (χ0n) is 17.0. The molecule has 0 saturated carbocycles. The lowest BCUT2D eigenvalue weighted by Gasteiger charge is -2.32. The van der Waals surface area contributed by atoms with Crippen molar-refractivity contribution < 1.29 is 9.47 Å². The summed E-state index contributed by atoms with van der Waals surface area (Å²) in [6.45, 7) is 2.51. The quantitative estimate of drug-likeness (QED) is 0.637. The summed E-state index contributed by atoms with van der Waals surface area (Å²) in [7, 11) is 0. The molecule has 0 bridgehead atoms. The molecule has 0 spiro atoms. The number of hydrogen-bond donors (Lipinski definition) is 1. The molecule has 0 atom stereocenters. The molecule has 1 aliphatic carbocycles. The summed E-state index contributed by atoms with van der Waals surface area (Å²) in [5, 5.41) is 3.45. The fourth-order valence-corrected chi connectivity index (χ4v) is 4.81. The van der Waals surface area contributed by atoms with Gasteiger partial charge in [0.15, 0.2) is 11.5 Å². The van der Waals surface area contributed by atoms with Gasteiger partial charge in [0.05, 0.1) is 0 Å². The largest absolute Gasteiger partial charge is 0.454 e. The van der Waals surface area contributed by atoms with Gasteiger partial charge in [0, 0.05) is 30.0 Å². The molecular weight excluding hydrogens is 392 g/mol. The Morgan fingerprint density at radius 1 is 0.933 bits per heavy atom. The smallest absolute Gasteiger partial charge is 0.231 e. The van der Waals surface area contributed by atoms with Crippen LogP contribution in [0.25, 0.3) is 6.08 Å². The summed E-state index contributed by atoms with van der Waals surface area (Å²) in [6, 6.07) is 16.4. The van der Waals surface area contributed by atoms with E-state index in [0.29, 0.717) is 6.79 Å². The van der Waals surface area contributed by atoms with E-state index in [1.165, 1.54) is 36.1 Å². The summed E-state index contributed by atoms with van der Waals surface area (Å²) in [4.78, 5) is 3.39. The molecule has 3 aliphatic rings. The molecule has 1 N–H and O–H groups in total. The van der Waals surface area contributed by atoms with Crippen molar-refractivity contribution in [3.8, 4) is 11.5 Å². The zero-order valence-corrected chi connectivity index (χ0v) is 17.8. The van der Waals surface area contributed by atoms with Crippen molar-refractivity contribution in [2.24, 2.45) is 0 Å². The lowest BCUT2D eigenvalue weighted by molar-refractivity contribution is 0.174. The second-order valence-electron chi connectivity index (χ2n) is 7.98. The van der Waals surface area contributed by atoms with E-state index in [9.17, 15) is 0 Å². The Morgan fingerprint density at radius 2 is 1.73 bits per heavy atom. The summed E-state index contributed by atoms with van der Waals surface area (Å²) < 4.78 is 11.0. The molecule has 5 rings (SSSR count). The number of rotatable bonds is 4. The average Bonchev–Trinajstić information content (AvgIpc) is 3.42. The number of para-hydroxylation sites is 1. The molecule has 1 saturated heterocycles. The van der Waals surface area contributed by atoms with Crippen LogP contribution < -0.4 is 14.8 Å². The zero-order chi connectivity index (χ0) is 20.3. The van der Waals surface area contributed by atoms with Crippen LogP contribution in [0.4, 0.5) is 5.69 Å². The molecule has 4 nitrogen and oxygen atoms in total. The second kappa shape index (κ2) is 8.52. The summed E-state index contributed by atoms with van der Waals surface area (Å²) in [5.41, 5.74) is 6.15. The van der Waals surface area contributed by atoms with Crippen molar-refractivity contribution in [1.82, 2.24) is 4.90 Å². The lowest BCUT2D eigenvalue weighted by Crippen LogP contribution is -2.31. The van der Waals surface area contributed by atoms with Crippen LogP contribution in [0.5, 0.6) is 11.5 Å². The second-order valence-corrected chi connectivity index (χ2v) is 8.39. The number of ether oxygens (including phenoxy) is 2. The van der Waals surface area contributed by atoms with Gasteiger partial charge in [-0.3, -0.25) is 0 Å². The van der Waals surface area contributed by atoms with Crippen LogP contribution in [-0.4, -0.2) is 29.8 Å². The van der Waals surface area contributed by atoms with E-state index in [1.54, 1.807) is 0 Å². The van der Waals surface area contributed by atoms with Crippen molar-refractivity contribution in [2.75, 3.05) is 25.2 Å². The Kier molecular flexibility index (Phi) is 5.45. The van der Waals surface area contributed by atoms with Gasteiger partial charge in [0.1, 0.15) is 4.99 Å². The highest BCUT2D eigenvalue weighted by atomic mass is 32.1. The SMILES string of the molecule is S=C(Nc1ccccc1)C1=C(N2CCCCC2)C(=Cc2ccc3c(c2)OCO3)CC1. The van der Waals surface area contributed by atoms with Gasteiger partial charge in [-0.1, -0.05) is 36.5 Å². The average molecular weight is 419 g/mol. The minimum Gasteiger partial charge on any atom is -0.454 e. The van der Waals surface area contributed by atoms with Crippen LogP contribution in [0.3, 0.4) is 0 Å². The summed E-state index contributed by atoms with van der Waals surface area (Å²) in [6.07, 6.45) is 8.07. The molecule has 0 aromatic heterocycles. The maximum Gasteiger partial charge on any atom is 0.231 e. The number of thiocarbonyl (C=S) groups is 1. The fourth-order valence-electron chi connectivity index (χ4n) is 4.50. The van der Waals surface area contributed by atoms with Gasteiger partial charge in [-0.25, -0.2) is 0 Å². The van der Waals surface area contributed by atoms with Gasteiger partial charge in [-0.15, -0.1) is 0 Å². The van der Waals surface area contributed by atoms with Crippen molar-refractivity contribution in [2.45, 2.75) is 32.1 Å². The van der Waals surface area contributed by atoms with Gasteiger partial charge in [0.25, 0.3) is 0 Å². The third-order valence-electron chi connectivity index (χ3n) is 5.95. The number of allylic oxidation sites excluding steroid dienone is 1.